The zero-order chi connectivity index (χ0) is 17.8. The molecule has 0 fully saturated rings. The van der Waals surface area contributed by atoms with E-state index in [2.05, 4.69) is 10.2 Å². The van der Waals surface area contributed by atoms with Gasteiger partial charge in [-0.2, -0.15) is 5.10 Å². The molecule has 1 aromatic carbocycles. The van der Waals surface area contributed by atoms with Gasteiger partial charge < -0.3 is 0 Å². The van der Waals surface area contributed by atoms with Gasteiger partial charge in [-0.25, -0.2) is 4.39 Å². The summed E-state index contributed by atoms with van der Waals surface area (Å²) in [6.07, 6.45) is 1.07. The molecule has 0 radical (unpaired) electrons. The summed E-state index contributed by atoms with van der Waals surface area (Å²) in [5.41, 5.74) is -0.918. The SMILES string of the molecule is CC.CC.Cc1cnnc2c(S(F)(F)(F)(F)F)cc(F)cc12. The fourth-order valence-corrected chi connectivity index (χ4v) is 2.37. The van der Waals surface area contributed by atoms with Crippen LogP contribution in [0.5, 0.6) is 0 Å². The van der Waals surface area contributed by atoms with Crippen molar-refractivity contribution in [2.75, 3.05) is 0 Å². The molecule has 1 aromatic heterocycles. The third kappa shape index (κ3) is 4.75. The number of halogens is 6. The van der Waals surface area contributed by atoms with Crippen molar-refractivity contribution in [1.82, 2.24) is 10.2 Å². The van der Waals surface area contributed by atoms with Gasteiger partial charge >= 0.3 is 10.2 Å². The van der Waals surface area contributed by atoms with E-state index in [0.717, 1.165) is 6.20 Å². The lowest BCUT2D eigenvalue weighted by molar-refractivity contribution is 0.364. The highest BCUT2D eigenvalue weighted by molar-refractivity contribution is 8.46. The number of aryl methyl sites for hydroxylation is 1. The molecule has 0 unspecified atom stereocenters. The maximum Gasteiger partial charge on any atom is 0.312 e. The van der Waals surface area contributed by atoms with Gasteiger partial charge in [-0.3, -0.25) is 0 Å². The second-order valence-electron chi connectivity index (χ2n) is 3.80. The number of benzene rings is 1. The summed E-state index contributed by atoms with van der Waals surface area (Å²) in [6, 6.07) is 0.463. The van der Waals surface area contributed by atoms with Crippen LogP contribution in [0.3, 0.4) is 0 Å². The first-order valence-electron chi connectivity index (χ1n) is 6.54. The standard InChI is InChI=1S/C9H6F6N2S.2C2H6/c1-5-4-16-17-9-7(5)2-6(10)3-8(9)18(11,12,13,14)15;2*1-2/h2-4H,1H3;2*1-2H3. The van der Waals surface area contributed by atoms with Crippen LogP contribution in [0.15, 0.2) is 23.2 Å². The molecule has 0 aliphatic heterocycles. The molecule has 2 aromatic rings. The summed E-state index contributed by atoms with van der Waals surface area (Å²) >= 11 is 0. The maximum absolute atomic E-state index is 13.1. The summed E-state index contributed by atoms with van der Waals surface area (Å²) in [6.45, 7) is 9.33. The minimum Gasteiger partial charge on any atom is -0.207 e. The van der Waals surface area contributed by atoms with E-state index in [1.807, 2.05) is 27.7 Å². The van der Waals surface area contributed by atoms with Crippen molar-refractivity contribution in [1.29, 1.82) is 0 Å². The molecule has 0 spiro atoms. The van der Waals surface area contributed by atoms with Crippen LogP contribution < -0.4 is 0 Å². The Balaban J connectivity index is 0.00000102. The summed E-state index contributed by atoms with van der Waals surface area (Å²) in [5, 5.41) is 5.90. The van der Waals surface area contributed by atoms with Gasteiger partial charge in [0.2, 0.25) is 0 Å². The van der Waals surface area contributed by atoms with E-state index in [1.165, 1.54) is 6.92 Å². The summed E-state index contributed by atoms with van der Waals surface area (Å²) in [5.74, 6) is -1.40. The molecule has 0 saturated carbocycles. The third-order valence-corrected chi connectivity index (χ3v) is 3.43. The van der Waals surface area contributed by atoms with Crippen molar-refractivity contribution in [3.63, 3.8) is 0 Å². The number of hydrogen-bond acceptors (Lipinski definition) is 2. The topological polar surface area (TPSA) is 25.8 Å². The lowest BCUT2D eigenvalue weighted by atomic mass is 10.1. The first-order chi connectivity index (χ1) is 9.88. The smallest absolute Gasteiger partial charge is 0.207 e. The van der Waals surface area contributed by atoms with Gasteiger partial charge in [0.25, 0.3) is 0 Å². The predicted molar refractivity (Wildman–Crippen MR) is 78.3 cm³/mol. The zero-order valence-electron chi connectivity index (χ0n) is 12.8. The molecule has 2 nitrogen and oxygen atoms in total. The predicted octanol–water partition coefficient (Wildman–Crippen LogP) is 6.79. The van der Waals surface area contributed by atoms with Gasteiger partial charge in [0.05, 0.1) is 6.20 Å². The van der Waals surface area contributed by atoms with Gasteiger partial charge in [0.1, 0.15) is 16.2 Å². The average molecular weight is 348 g/mol. The molecular weight excluding hydrogens is 330 g/mol. The summed E-state index contributed by atoms with van der Waals surface area (Å²) < 4.78 is 76.9. The minimum absolute atomic E-state index is 0.127. The molecule has 0 aliphatic rings. The van der Waals surface area contributed by atoms with Crippen molar-refractivity contribution in [2.45, 2.75) is 39.5 Å². The molecule has 0 aliphatic carbocycles. The molecular formula is C13H18F6N2S. The van der Waals surface area contributed by atoms with E-state index in [9.17, 15) is 23.8 Å². The van der Waals surface area contributed by atoms with Crippen LogP contribution in [-0.2, 0) is 0 Å². The highest BCUT2D eigenvalue weighted by atomic mass is 32.5. The van der Waals surface area contributed by atoms with Crippen LogP contribution >= 0.6 is 10.2 Å². The van der Waals surface area contributed by atoms with Crippen LogP contribution in [0.1, 0.15) is 33.3 Å². The third-order valence-electron chi connectivity index (χ3n) is 2.29. The lowest BCUT2D eigenvalue weighted by Gasteiger charge is -2.40. The fourth-order valence-electron chi connectivity index (χ4n) is 1.51. The summed E-state index contributed by atoms with van der Waals surface area (Å²) in [7, 11) is -10.0. The lowest BCUT2D eigenvalue weighted by Crippen LogP contribution is -2.09. The molecule has 0 bridgehead atoms. The zero-order valence-corrected chi connectivity index (χ0v) is 13.6. The molecule has 0 atom stereocenters. The molecule has 2 rings (SSSR count). The first kappa shape index (κ1) is 20.5. The van der Waals surface area contributed by atoms with E-state index in [-0.39, 0.29) is 17.0 Å². The van der Waals surface area contributed by atoms with Crippen LogP contribution in [0.2, 0.25) is 0 Å². The van der Waals surface area contributed by atoms with Gasteiger partial charge in [0.15, 0.2) is 0 Å². The normalized spacial score (nSPS) is 14.0. The van der Waals surface area contributed by atoms with Gasteiger partial charge in [-0.05, 0) is 24.6 Å². The Morgan fingerprint density at radius 2 is 1.41 bits per heavy atom. The Hall–Kier alpha value is -1.51. The van der Waals surface area contributed by atoms with E-state index >= 15 is 0 Å². The number of nitrogens with zero attached hydrogens (tertiary/aromatic N) is 2. The molecule has 0 saturated heterocycles. The van der Waals surface area contributed by atoms with Crippen LogP contribution in [0, 0.1) is 12.7 Å². The van der Waals surface area contributed by atoms with Crippen molar-refractivity contribution in [3.8, 4) is 0 Å². The second-order valence-corrected chi connectivity index (χ2v) is 6.17. The number of rotatable bonds is 1. The van der Waals surface area contributed by atoms with Crippen molar-refractivity contribution in [3.05, 3.63) is 29.7 Å². The van der Waals surface area contributed by atoms with Crippen LogP contribution in [-0.4, -0.2) is 10.2 Å². The van der Waals surface area contributed by atoms with Crippen molar-refractivity contribution >= 4 is 21.1 Å². The minimum atomic E-state index is -10.0. The molecule has 128 valence electrons. The fraction of sp³-hybridized carbons (Fsp3) is 0.385. The number of aromatic nitrogens is 2. The monoisotopic (exact) mass is 348 g/mol. The second kappa shape index (κ2) is 5.94. The Morgan fingerprint density at radius 1 is 0.909 bits per heavy atom. The molecule has 1 heterocycles. The van der Waals surface area contributed by atoms with Crippen LogP contribution in [0.25, 0.3) is 10.9 Å². The number of hydrogen-bond donors (Lipinski definition) is 0. The molecule has 0 amide bonds. The Kier molecular flexibility index (Phi) is 5.53. The maximum atomic E-state index is 13.1. The average Bonchev–Trinajstić information content (AvgIpc) is 2.41. The molecule has 0 N–H and O–H groups in total. The van der Waals surface area contributed by atoms with E-state index in [0.29, 0.717) is 6.07 Å². The Labute approximate surface area is 125 Å². The first-order valence-corrected chi connectivity index (χ1v) is 8.49. The quantitative estimate of drug-likeness (QED) is 0.530. The van der Waals surface area contributed by atoms with Gasteiger partial charge in [-0.1, -0.05) is 47.1 Å². The van der Waals surface area contributed by atoms with Crippen LogP contribution in [0.4, 0.5) is 23.8 Å². The summed E-state index contributed by atoms with van der Waals surface area (Å²) in [4.78, 5) is -2.35. The van der Waals surface area contributed by atoms with E-state index in [4.69, 9.17) is 0 Å². The number of fused-ring (bicyclic) bond motifs is 1. The van der Waals surface area contributed by atoms with E-state index in [1.54, 1.807) is 0 Å². The Bertz CT molecular complexity index is 655. The molecule has 9 heteroatoms. The van der Waals surface area contributed by atoms with Crippen molar-refractivity contribution < 1.29 is 23.8 Å². The van der Waals surface area contributed by atoms with Gasteiger partial charge in [0, 0.05) is 5.39 Å². The van der Waals surface area contributed by atoms with Crippen molar-refractivity contribution in [2.24, 2.45) is 0 Å². The Morgan fingerprint density at radius 3 is 1.86 bits per heavy atom. The molecule has 22 heavy (non-hydrogen) atoms. The largest absolute Gasteiger partial charge is 0.312 e. The highest BCUT2D eigenvalue weighted by Crippen LogP contribution is 3.02. The highest BCUT2D eigenvalue weighted by Gasteiger charge is 2.67. The van der Waals surface area contributed by atoms with Gasteiger partial charge in [-0.15, -0.1) is 5.10 Å². The van der Waals surface area contributed by atoms with E-state index < -0.39 is 26.5 Å².